The Labute approximate surface area is 44.2 Å². The van der Waals surface area contributed by atoms with Gasteiger partial charge in [0, 0.05) is 12.8 Å². The average Bonchev–Trinajstić information content (AvgIpc) is 2.14. The zero-order valence-electron chi connectivity index (χ0n) is 4.43. The van der Waals surface area contributed by atoms with Gasteiger partial charge in [-0.05, 0) is 12.8 Å². The molecule has 1 saturated carbocycles. The Kier molecular flexibility index (Phi) is 1.31. The summed E-state index contributed by atoms with van der Waals surface area (Å²) in [6.45, 7) is 5.06. The summed E-state index contributed by atoms with van der Waals surface area (Å²) in [6.07, 6.45) is 5.09. The number of nitrogens with zero attached hydrogens (tertiary/aromatic N) is 1. The van der Waals surface area contributed by atoms with Crippen molar-refractivity contribution in [1.29, 1.82) is 0 Å². The largest absolute Gasteiger partial charge is 0.272 e. The fraction of sp³-hybridized carbons (Fsp3) is 0.833. The van der Waals surface area contributed by atoms with Crippen LogP contribution in [0.1, 0.15) is 25.7 Å². The fourth-order valence-electron chi connectivity index (χ4n) is 1.05. The molecule has 1 fully saturated rings. The zero-order valence-corrected chi connectivity index (χ0v) is 4.43. The highest BCUT2D eigenvalue weighted by atomic mass is 14.7. The van der Waals surface area contributed by atoms with E-state index in [9.17, 15) is 0 Å². The third kappa shape index (κ3) is 0.928. The molecular weight excluding hydrogens is 86.1 g/mol. The molecule has 1 rings (SSSR count). The summed E-state index contributed by atoms with van der Waals surface area (Å²) >= 11 is 0. The number of hydrogen-bond donors (Lipinski definition) is 0. The van der Waals surface area contributed by atoms with Gasteiger partial charge in [-0.15, -0.1) is 0 Å². The average molecular weight is 96.2 g/mol. The van der Waals surface area contributed by atoms with Crippen molar-refractivity contribution in [1.82, 2.24) is 0 Å². The lowest BCUT2D eigenvalue weighted by atomic mass is 10.3. The van der Waals surface area contributed by atoms with Crippen LogP contribution in [-0.2, 0) is 0 Å². The first-order chi connectivity index (χ1) is 3.43. The first-order valence-corrected chi connectivity index (χ1v) is 2.83. The molecule has 0 aromatic rings. The molecule has 0 atom stereocenters. The maximum atomic E-state index is 5.06. The monoisotopic (exact) mass is 96.1 g/mol. The molecule has 0 heterocycles. The van der Waals surface area contributed by atoms with E-state index in [1.54, 1.807) is 0 Å². The van der Waals surface area contributed by atoms with Crippen LogP contribution in [0.15, 0.2) is 0 Å². The Morgan fingerprint density at radius 2 is 1.86 bits per heavy atom. The van der Waals surface area contributed by atoms with Gasteiger partial charge in [-0.25, -0.2) is 0 Å². The van der Waals surface area contributed by atoms with Crippen molar-refractivity contribution >= 4 is 0 Å². The number of rotatable bonds is 0. The zero-order chi connectivity index (χ0) is 5.11. The van der Waals surface area contributed by atoms with E-state index in [0.29, 0.717) is 6.04 Å². The van der Waals surface area contributed by atoms with Crippen LogP contribution >= 0.6 is 0 Å². The third-order valence-electron chi connectivity index (χ3n) is 1.54. The summed E-state index contributed by atoms with van der Waals surface area (Å²) in [6, 6.07) is 0.500. The molecule has 0 saturated heterocycles. The van der Waals surface area contributed by atoms with Gasteiger partial charge >= 0.3 is 0 Å². The lowest BCUT2D eigenvalue weighted by Gasteiger charge is -1.77. The molecule has 0 aliphatic heterocycles. The number of hydrogen-bond acceptors (Lipinski definition) is 0. The van der Waals surface area contributed by atoms with Crippen LogP contribution in [0.4, 0.5) is 0 Å². The van der Waals surface area contributed by atoms with E-state index < -0.39 is 0 Å². The summed E-state index contributed by atoms with van der Waals surface area (Å²) in [4.78, 5) is 3.69. The van der Waals surface area contributed by atoms with Crippen LogP contribution in [0.3, 0.4) is 0 Å². The van der Waals surface area contributed by atoms with Crippen molar-refractivity contribution < 1.29 is 0 Å². The smallest absolute Gasteiger partial charge is 0.0837 e. The van der Waals surface area contributed by atoms with Gasteiger partial charge in [0.15, 0.2) is 0 Å². The van der Waals surface area contributed by atoms with Crippen LogP contribution in [0, 0.1) is 6.57 Å². The molecule has 0 radical (unpaired) electrons. The molecule has 38 valence electrons. The van der Waals surface area contributed by atoms with Gasteiger partial charge in [-0.3, -0.25) is 0 Å². The minimum Gasteiger partial charge on any atom is -0.0837 e. The Hall–Kier alpha value is -0.510. The predicted octanol–water partition coefficient (Wildman–Crippen LogP) is 1.89. The van der Waals surface area contributed by atoms with Gasteiger partial charge in [0.05, 0.1) is 0 Å². The molecular formula is C6H10N+. The maximum Gasteiger partial charge on any atom is 0.272 e. The molecule has 1 aliphatic rings. The van der Waals surface area contributed by atoms with E-state index in [2.05, 4.69) is 4.85 Å². The van der Waals surface area contributed by atoms with Gasteiger partial charge in [0.1, 0.15) is 0 Å². The minimum atomic E-state index is 0.500. The van der Waals surface area contributed by atoms with Gasteiger partial charge < -0.3 is 0 Å². The second-order valence-electron chi connectivity index (χ2n) is 2.09. The van der Waals surface area contributed by atoms with Crippen LogP contribution < -0.4 is 0 Å². The molecule has 0 spiro atoms. The topological polar surface area (TPSA) is 4.36 Å². The van der Waals surface area contributed by atoms with E-state index in [0.717, 1.165) is 0 Å². The second kappa shape index (κ2) is 1.97. The van der Waals surface area contributed by atoms with E-state index in [1.807, 2.05) is 0 Å². The van der Waals surface area contributed by atoms with E-state index in [4.69, 9.17) is 6.57 Å². The van der Waals surface area contributed by atoms with Crippen molar-refractivity contribution in [2.24, 2.45) is 0 Å². The predicted molar refractivity (Wildman–Crippen MR) is 30.6 cm³/mol. The summed E-state index contributed by atoms with van der Waals surface area (Å²) in [7, 11) is 0. The van der Waals surface area contributed by atoms with Gasteiger partial charge in [0.25, 0.3) is 12.6 Å². The summed E-state index contributed by atoms with van der Waals surface area (Å²) in [5, 5.41) is 0. The molecule has 1 nitrogen and oxygen atoms in total. The highest BCUT2D eigenvalue weighted by Crippen LogP contribution is 2.20. The lowest BCUT2D eigenvalue weighted by molar-refractivity contribution is 0.810. The van der Waals surface area contributed by atoms with Crippen LogP contribution in [-0.4, -0.2) is 6.04 Å². The van der Waals surface area contributed by atoms with Crippen molar-refractivity contribution in [3.8, 4) is 6.57 Å². The van der Waals surface area contributed by atoms with Gasteiger partial charge in [-0.2, -0.15) is 0 Å². The molecule has 0 aromatic carbocycles. The Morgan fingerprint density at radius 3 is 2.14 bits per heavy atom. The Balaban J connectivity index is 2.31. The molecule has 0 amide bonds. The molecule has 0 bridgehead atoms. The van der Waals surface area contributed by atoms with Crippen molar-refractivity contribution in [3.05, 3.63) is 4.85 Å². The van der Waals surface area contributed by atoms with Crippen LogP contribution in [0.5, 0.6) is 0 Å². The summed E-state index contributed by atoms with van der Waals surface area (Å²) in [5.74, 6) is 0. The second-order valence-corrected chi connectivity index (χ2v) is 2.09. The molecule has 1 heteroatoms. The van der Waals surface area contributed by atoms with Gasteiger partial charge in [-0.1, -0.05) is 4.85 Å². The third-order valence-corrected chi connectivity index (χ3v) is 1.54. The molecule has 7 heavy (non-hydrogen) atoms. The molecule has 0 aromatic heterocycles. The fourth-order valence-corrected chi connectivity index (χ4v) is 1.05. The SMILES string of the molecule is C#[N+]C1CCCC1. The standard InChI is InChI=1S/C6H10N/c1-7-6-4-2-3-5-6/h1,6H,2-5H2/q+1. The Bertz CT molecular complexity index is 84.8. The van der Waals surface area contributed by atoms with Crippen molar-refractivity contribution in [2.45, 2.75) is 31.7 Å². The van der Waals surface area contributed by atoms with Crippen LogP contribution in [0.2, 0.25) is 0 Å². The molecule has 0 N–H and O–H groups in total. The first kappa shape index (κ1) is 4.64. The summed E-state index contributed by atoms with van der Waals surface area (Å²) in [5.41, 5.74) is 0. The normalized spacial score (nSPS) is 22.1. The highest BCUT2D eigenvalue weighted by Gasteiger charge is 2.20. The molecule has 1 aliphatic carbocycles. The van der Waals surface area contributed by atoms with Crippen molar-refractivity contribution in [2.75, 3.05) is 0 Å². The van der Waals surface area contributed by atoms with E-state index in [-0.39, 0.29) is 0 Å². The first-order valence-electron chi connectivity index (χ1n) is 2.83. The lowest BCUT2D eigenvalue weighted by Crippen LogP contribution is -1.88. The quantitative estimate of drug-likeness (QED) is 0.433. The highest BCUT2D eigenvalue weighted by molar-refractivity contribution is 4.85. The summed E-state index contributed by atoms with van der Waals surface area (Å²) < 4.78 is 0. The van der Waals surface area contributed by atoms with E-state index >= 15 is 0 Å². The van der Waals surface area contributed by atoms with E-state index in [1.165, 1.54) is 25.7 Å². The molecule has 0 unspecified atom stereocenters. The van der Waals surface area contributed by atoms with Gasteiger partial charge in [0.2, 0.25) is 0 Å². The van der Waals surface area contributed by atoms with Crippen molar-refractivity contribution in [3.63, 3.8) is 0 Å². The Morgan fingerprint density at radius 1 is 1.29 bits per heavy atom. The minimum absolute atomic E-state index is 0.500. The maximum absolute atomic E-state index is 5.06. The van der Waals surface area contributed by atoms with Crippen LogP contribution in [0.25, 0.3) is 4.85 Å².